The molecule has 168 valence electrons. The van der Waals surface area contributed by atoms with Crippen molar-refractivity contribution < 1.29 is 17.9 Å². The fourth-order valence-corrected chi connectivity index (χ4v) is 4.78. The molecule has 0 saturated heterocycles. The van der Waals surface area contributed by atoms with Crippen molar-refractivity contribution in [3.8, 4) is 5.75 Å². The minimum Gasteiger partial charge on any atom is -0.490 e. The minimum atomic E-state index is -3.24. The van der Waals surface area contributed by atoms with Gasteiger partial charge in [-0.05, 0) is 36.6 Å². The summed E-state index contributed by atoms with van der Waals surface area (Å²) in [6.07, 6.45) is 3.88. The van der Waals surface area contributed by atoms with Crippen molar-refractivity contribution in [1.82, 2.24) is 14.9 Å². The van der Waals surface area contributed by atoms with Crippen LogP contribution in [0.5, 0.6) is 5.75 Å². The zero-order valence-electron chi connectivity index (χ0n) is 17.6. The maximum atomic E-state index is 12.9. The summed E-state index contributed by atoms with van der Waals surface area (Å²) in [4.78, 5) is 29.6. The molecule has 0 unspecified atom stereocenters. The number of rotatable bonds is 7. The van der Waals surface area contributed by atoms with Crippen LogP contribution >= 0.6 is 11.6 Å². The van der Waals surface area contributed by atoms with E-state index in [0.29, 0.717) is 34.6 Å². The Morgan fingerprint density at radius 3 is 2.66 bits per heavy atom. The molecule has 2 heterocycles. The molecule has 1 fully saturated rings. The number of nitrogens with zero attached hydrogens (tertiary/aromatic N) is 2. The van der Waals surface area contributed by atoms with E-state index in [1.165, 1.54) is 16.9 Å². The van der Waals surface area contributed by atoms with E-state index in [0.717, 1.165) is 5.56 Å². The summed E-state index contributed by atoms with van der Waals surface area (Å²) in [6.45, 7) is 0.220. The van der Waals surface area contributed by atoms with Crippen LogP contribution in [0.25, 0.3) is 10.9 Å². The highest BCUT2D eigenvalue weighted by atomic mass is 35.5. The minimum absolute atomic E-state index is 0.00567. The summed E-state index contributed by atoms with van der Waals surface area (Å²) in [5.41, 5.74) is 0.759. The fourth-order valence-electron chi connectivity index (χ4n) is 3.55. The lowest BCUT2D eigenvalue weighted by Gasteiger charge is -2.17. The molecule has 3 aromatic rings. The van der Waals surface area contributed by atoms with Crippen molar-refractivity contribution >= 4 is 38.2 Å². The molecule has 0 atom stereocenters. The first-order chi connectivity index (χ1) is 15.1. The van der Waals surface area contributed by atoms with Crippen molar-refractivity contribution in [2.45, 2.75) is 24.1 Å². The lowest BCUT2D eigenvalue weighted by atomic mass is 10.1. The van der Waals surface area contributed by atoms with E-state index in [9.17, 15) is 18.0 Å². The average Bonchev–Trinajstić information content (AvgIpc) is 3.55. The van der Waals surface area contributed by atoms with E-state index >= 15 is 0 Å². The summed E-state index contributed by atoms with van der Waals surface area (Å²) in [6, 6.07) is 10.1. The Balaban J connectivity index is 1.60. The second-order valence-electron chi connectivity index (χ2n) is 8.03. The van der Waals surface area contributed by atoms with Crippen molar-refractivity contribution in [2.24, 2.45) is 7.05 Å². The lowest BCUT2D eigenvalue weighted by Crippen LogP contribution is -2.32. The molecular formula is C22H22ClN3O5S. The van der Waals surface area contributed by atoms with E-state index in [2.05, 4.69) is 10.3 Å². The van der Waals surface area contributed by atoms with Crippen LogP contribution in [0.3, 0.4) is 0 Å². The van der Waals surface area contributed by atoms with Gasteiger partial charge in [-0.15, -0.1) is 0 Å². The second-order valence-corrected chi connectivity index (χ2v) is 10.8. The first kappa shape index (κ1) is 22.3. The van der Waals surface area contributed by atoms with Gasteiger partial charge in [-0.25, -0.2) is 13.4 Å². The standard InChI is InChI=1S/C22H22ClN3O5S/c1-26-19-15(4-3-5-17(19)31-13-22(8-9-22)32(2,29)30)10-16(21(26)28)20(27)25-12-14-6-7-18(23)24-11-14/h3-7,10-11H,8-9,12-13H2,1-2H3,(H,25,27). The van der Waals surface area contributed by atoms with Crippen LogP contribution < -0.4 is 15.6 Å². The number of amides is 1. The molecular weight excluding hydrogens is 454 g/mol. The van der Waals surface area contributed by atoms with Crippen LogP contribution in [0.4, 0.5) is 0 Å². The second kappa shape index (κ2) is 8.22. The molecule has 1 amide bonds. The Hall–Kier alpha value is -2.91. The first-order valence-electron chi connectivity index (χ1n) is 9.95. The molecule has 1 N–H and O–H groups in total. The number of aromatic nitrogens is 2. The maximum Gasteiger partial charge on any atom is 0.263 e. The number of para-hydroxylation sites is 1. The van der Waals surface area contributed by atoms with E-state index in [1.807, 2.05) is 0 Å². The molecule has 1 aliphatic carbocycles. The predicted octanol–water partition coefficient (Wildman–Crippen LogP) is 2.47. The van der Waals surface area contributed by atoms with Gasteiger partial charge in [-0.1, -0.05) is 29.8 Å². The Morgan fingerprint density at radius 1 is 1.28 bits per heavy atom. The molecule has 32 heavy (non-hydrogen) atoms. The molecule has 0 bridgehead atoms. The Labute approximate surface area is 190 Å². The van der Waals surface area contributed by atoms with Gasteiger partial charge in [0.1, 0.15) is 27.8 Å². The zero-order chi connectivity index (χ0) is 23.1. The number of hydrogen-bond donors (Lipinski definition) is 1. The molecule has 1 aromatic carbocycles. The van der Waals surface area contributed by atoms with Gasteiger partial charge in [-0.2, -0.15) is 0 Å². The third-order valence-electron chi connectivity index (χ3n) is 5.77. The molecule has 0 aliphatic heterocycles. The summed E-state index contributed by atoms with van der Waals surface area (Å²) in [7, 11) is -1.68. The smallest absolute Gasteiger partial charge is 0.263 e. The highest BCUT2D eigenvalue weighted by Gasteiger charge is 2.53. The van der Waals surface area contributed by atoms with Crippen LogP contribution in [-0.4, -0.2) is 41.5 Å². The zero-order valence-corrected chi connectivity index (χ0v) is 19.2. The van der Waals surface area contributed by atoms with Crippen molar-refractivity contribution in [2.75, 3.05) is 12.9 Å². The van der Waals surface area contributed by atoms with Gasteiger partial charge in [0, 0.05) is 31.4 Å². The fraction of sp³-hybridized carbons (Fsp3) is 0.318. The summed E-state index contributed by atoms with van der Waals surface area (Å²) in [5.74, 6) is -0.112. The van der Waals surface area contributed by atoms with E-state index < -0.39 is 26.1 Å². The molecule has 2 aromatic heterocycles. The number of fused-ring (bicyclic) bond motifs is 1. The van der Waals surface area contributed by atoms with Gasteiger partial charge in [-0.3, -0.25) is 9.59 Å². The van der Waals surface area contributed by atoms with Crippen LogP contribution in [0.15, 0.2) is 47.4 Å². The molecule has 0 radical (unpaired) electrons. The lowest BCUT2D eigenvalue weighted by molar-refractivity contribution is 0.0949. The quantitative estimate of drug-likeness (QED) is 0.526. The van der Waals surface area contributed by atoms with Gasteiger partial charge < -0.3 is 14.6 Å². The third kappa shape index (κ3) is 4.22. The molecule has 0 spiro atoms. The SMILES string of the molecule is Cn1c(=O)c(C(=O)NCc2ccc(Cl)nc2)cc2cccc(OCC3(S(C)(=O)=O)CC3)c21. The van der Waals surface area contributed by atoms with Crippen LogP contribution in [0.2, 0.25) is 5.15 Å². The van der Waals surface area contributed by atoms with E-state index in [-0.39, 0.29) is 18.7 Å². The average molecular weight is 476 g/mol. The van der Waals surface area contributed by atoms with Gasteiger partial charge in [0.15, 0.2) is 9.84 Å². The number of benzene rings is 1. The molecule has 4 rings (SSSR count). The maximum absolute atomic E-state index is 12.9. The first-order valence-corrected chi connectivity index (χ1v) is 12.2. The summed E-state index contributed by atoms with van der Waals surface area (Å²) >= 11 is 5.77. The number of hydrogen-bond acceptors (Lipinski definition) is 6. The van der Waals surface area contributed by atoms with E-state index in [1.54, 1.807) is 43.6 Å². The summed E-state index contributed by atoms with van der Waals surface area (Å²) < 4.78 is 30.4. The van der Waals surface area contributed by atoms with Crippen molar-refractivity contribution in [3.63, 3.8) is 0 Å². The van der Waals surface area contributed by atoms with Crippen molar-refractivity contribution in [1.29, 1.82) is 0 Å². The van der Waals surface area contributed by atoms with Gasteiger partial charge >= 0.3 is 0 Å². The van der Waals surface area contributed by atoms with Crippen molar-refractivity contribution in [3.05, 3.63) is 69.2 Å². The normalized spacial score (nSPS) is 14.8. The summed E-state index contributed by atoms with van der Waals surface area (Å²) in [5, 5.41) is 3.70. The third-order valence-corrected chi connectivity index (χ3v) is 8.09. The highest BCUT2D eigenvalue weighted by molar-refractivity contribution is 7.92. The number of nitrogens with one attached hydrogen (secondary N) is 1. The molecule has 8 nitrogen and oxygen atoms in total. The number of aryl methyl sites for hydroxylation is 1. The van der Waals surface area contributed by atoms with Crippen LogP contribution in [0.1, 0.15) is 28.8 Å². The number of carbonyl (C=O) groups is 1. The van der Waals surface area contributed by atoms with Crippen LogP contribution in [-0.2, 0) is 23.4 Å². The van der Waals surface area contributed by atoms with Gasteiger partial charge in [0.25, 0.3) is 11.5 Å². The number of halogens is 1. The van der Waals surface area contributed by atoms with E-state index in [4.69, 9.17) is 16.3 Å². The number of pyridine rings is 2. The molecule has 10 heteroatoms. The topological polar surface area (TPSA) is 107 Å². The monoisotopic (exact) mass is 475 g/mol. The van der Waals surface area contributed by atoms with Gasteiger partial charge in [0.05, 0.1) is 5.52 Å². The molecule has 1 saturated carbocycles. The number of ether oxygens (including phenoxy) is 1. The molecule has 1 aliphatic rings. The highest BCUT2D eigenvalue weighted by Crippen LogP contribution is 2.43. The number of sulfone groups is 1. The van der Waals surface area contributed by atoms with Crippen LogP contribution in [0, 0.1) is 0 Å². The largest absolute Gasteiger partial charge is 0.490 e. The predicted molar refractivity (Wildman–Crippen MR) is 122 cm³/mol. The van der Waals surface area contributed by atoms with Gasteiger partial charge in [0.2, 0.25) is 0 Å². The Morgan fingerprint density at radius 2 is 2.03 bits per heavy atom. The number of carbonyl (C=O) groups excluding carboxylic acids is 1. The Bertz CT molecular complexity index is 1360. The Kier molecular flexibility index (Phi) is 5.72.